The third-order valence-corrected chi connectivity index (χ3v) is 3.98. The molecule has 20 heavy (non-hydrogen) atoms. The first kappa shape index (κ1) is 15.1. The van der Waals surface area contributed by atoms with Crippen LogP contribution in [0.4, 0.5) is 0 Å². The third kappa shape index (κ3) is 3.44. The lowest BCUT2D eigenvalue weighted by molar-refractivity contribution is -0.126. The summed E-state index contributed by atoms with van der Waals surface area (Å²) in [4.78, 5) is 12.2. The fourth-order valence-electron chi connectivity index (χ4n) is 2.77. The van der Waals surface area contributed by atoms with Crippen molar-refractivity contribution in [1.82, 2.24) is 10.6 Å². The molecule has 2 heterocycles. The van der Waals surface area contributed by atoms with Gasteiger partial charge in [0.25, 0.3) is 0 Å². The predicted octanol–water partition coefficient (Wildman–Crippen LogP) is 1.39. The van der Waals surface area contributed by atoms with Gasteiger partial charge in [-0.05, 0) is 43.5 Å². The van der Waals surface area contributed by atoms with Crippen molar-refractivity contribution in [2.24, 2.45) is 11.8 Å². The van der Waals surface area contributed by atoms with Gasteiger partial charge in [-0.25, -0.2) is 0 Å². The molecule has 0 saturated carbocycles. The van der Waals surface area contributed by atoms with Crippen LogP contribution in [-0.2, 0) is 11.2 Å². The van der Waals surface area contributed by atoms with E-state index < -0.39 is 0 Å². The fourth-order valence-corrected chi connectivity index (χ4v) is 2.77. The topological polar surface area (TPSA) is 50.4 Å². The average Bonchev–Trinajstić information content (AvgIpc) is 2.97. The Morgan fingerprint density at radius 3 is 3.05 bits per heavy atom. The lowest BCUT2D eigenvalue weighted by Gasteiger charge is -2.25. The van der Waals surface area contributed by atoms with Gasteiger partial charge in [0, 0.05) is 6.54 Å². The van der Waals surface area contributed by atoms with Crippen molar-refractivity contribution in [2.75, 3.05) is 26.2 Å². The molecule has 1 amide bonds. The van der Waals surface area contributed by atoms with Gasteiger partial charge < -0.3 is 15.4 Å². The van der Waals surface area contributed by atoms with Crippen LogP contribution in [0.2, 0.25) is 0 Å². The van der Waals surface area contributed by atoms with Crippen LogP contribution >= 0.6 is 12.4 Å². The highest BCUT2D eigenvalue weighted by Crippen LogP contribution is 2.26. The summed E-state index contributed by atoms with van der Waals surface area (Å²) < 4.78 is 5.66. The van der Waals surface area contributed by atoms with Crippen LogP contribution in [0.3, 0.4) is 0 Å². The van der Waals surface area contributed by atoms with E-state index in [1.165, 1.54) is 0 Å². The van der Waals surface area contributed by atoms with E-state index >= 15 is 0 Å². The lowest BCUT2D eigenvalue weighted by Crippen LogP contribution is -2.39. The van der Waals surface area contributed by atoms with Gasteiger partial charge in [0.1, 0.15) is 12.4 Å². The van der Waals surface area contributed by atoms with Crippen molar-refractivity contribution >= 4 is 18.3 Å². The van der Waals surface area contributed by atoms with E-state index in [2.05, 4.69) is 10.6 Å². The first-order chi connectivity index (χ1) is 9.33. The van der Waals surface area contributed by atoms with Gasteiger partial charge in [-0.2, -0.15) is 0 Å². The van der Waals surface area contributed by atoms with Crippen molar-refractivity contribution < 1.29 is 9.53 Å². The smallest absolute Gasteiger partial charge is 0.226 e. The molecule has 0 radical (unpaired) electrons. The molecule has 1 aromatic rings. The summed E-state index contributed by atoms with van der Waals surface area (Å²) in [5.74, 6) is 1.58. The number of para-hydroxylation sites is 1. The number of rotatable bonds is 3. The highest BCUT2D eigenvalue weighted by molar-refractivity contribution is 5.85. The van der Waals surface area contributed by atoms with Crippen LogP contribution < -0.4 is 15.4 Å². The van der Waals surface area contributed by atoms with Crippen LogP contribution in [0.1, 0.15) is 12.0 Å². The van der Waals surface area contributed by atoms with Gasteiger partial charge in [-0.3, -0.25) is 4.79 Å². The summed E-state index contributed by atoms with van der Waals surface area (Å²) >= 11 is 0. The molecule has 5 heteroatoms. The van der Waals surface area contributed by atoms with E-state index in [0.29, 0.717) is 12.5 Å². The molecule has 4 nitrogen and oxygen atoms in total. The van der Waals surface area contributed by atoms with E-state index in [1.54, 1.807) is 0 Å². The fraction of sp³-hybridized carbons (Fsp3) is 0.533. The maximum Gasteiger partial charge on any atom is 0.226 e. The van der Waals surface area contributed by atoms with Gasteiger partial charge in [0.2, 0.25) is 5.91 Å². The maximum absolute atomic E-state index is 12.2. The van der Waals surface area contributed by atoms with Crippen molar-refractivity contribution in [3.8, 4) is 5.75 Å². The molecule has 0 aromatic heterocycles. The largest absolute Gasteiger partial charge is 0.492 e. The average molecular weight is 297 g/mol. The van der Waals surface area contributed by atoms with Gasteiger partial charge in [0.05, 0.1) is 5.92 Å². The van der Waals surface area contributed by atoms with E-state index in [4.69, 9.17) is 4.74 Å². The van der Waals surface area contributed by atoms with E-state index in [1.807, 2.05) is 24.3 Å². The Hall–Kier alpha value is -1.26. The third-order valence-electron chi connectivity index (χ3n) is 3.98. The molecule has 1 saturated heterocycles. The molecule has 0 aliphatic carbocycles. The van der Waals surface area contributed by atoms with Crippen molar-refractivity contribution in [2.45, 2.75) is 12.8 Å². The van der Waals surface area contributed by atoms with Gasteiger partial charge in [-0.1, -0.05) is 18.2 Å². The van der Waals surface area contributed by atoms with E-state index in [9.17, 15) is 4.79 Å². The van der Waals surface area contributed by atoms with Gasteiger partial charge in [0.15, 0.2) is 0 Å². The maximum atomic E-state index is 12.2. The Morgan fingerprint density at radius 2 is 2.25 bits per heavy atom. The molecule has 2 unspecified atom stereocenters. The molecule has 2 aliphatic heterocycles. The molecule has 1 aromatic carbocycles. The zero-order chi connectivity index (χ0) is 13.1. The number of nitrogens with one attached hydrogen (secondary N) is 2. The minimum atomic E-state index is -0.0516. The molecule has 0 spiro atoms. The SMILES string of the molecule is Cl.O=C(NCC1CCNC1)C1COc2ccccc2C1. The number of hydrogen-bond acceptors (Lipinski definition) is 3. The second kappa shape index (κ2) is 6.95. The molecule has 1 fully saturated rings. The summed E-state index contributed by atoms with van der Waals surface area (Å²) in [6, 6.07) is 7.96. The van der Waals surface area contributed by atoms with E-state index in [-0.39, 0.29) is 24.2 Å². The quantitative estimate of drug-likeness (QED) is 0.886. The Kier molecular flexibility index (Phi) is 5.26. The Morgan fingerprint density at radius 1 is 1.40 bits per heavy atom. The lowest BCUT2D eigenvalue weighted by atomic mass is 9.96. The van der Waals surface area contributed by atoms with Crippen molar-refractivity contribution in [3.63, 3.8) is 0 Å². The standard InChI is InChI=1S/C15H20N2O2.ClH/c18-15(17-9-11-5-6-16-8-11)13-7-12-3-1-2-4-14(12)19-10-13;/h1-4,11,13,16H,5-10H2,(H,17,18);1H. The second-order valence-corrected chi connectivity index (χ2v) is 5.42. The number of carbonyl (C=O) groups excluding carboxylic acids is 1. The van der Waals surface area contributed by atoms with Crippen LogP contribution in [0.5, 0.6) is 5.75 Å². The first-order valence-corrected chi connectivity index (χ1v) is 7.02. The first-order valence-electron chi connectivity index (χ1n) is 7.02. The predicted molar refractivity (Wildman–Crippen MR) is 80.4 cm³/mol. The van der Waals surface area contributed by atoms with Gasteiger partial charge in [-0.15, -0.1) is 12.4 Å². The summed E-state index contributed by atoms with van der Waals surface area (Å²) in [7, 11) is 0. The number of ether oxygens (including phenoxy) is 1. The van der Waals surface area contributed by atoms with Crippen LogP contribution in [-0.4, -0.2) is 32.1 Å². The molecular formula is C15H21ClN2O2. The number of halogens is 1. The second-order valence-electron chi connectivity index (χ2n) is 5.42. The van der Waals surface area contributed by atoms with Crippen molar-refractivity contribution in [1.29, 1.82) is 0 Å². The molecule has 2 atom stereocenters. The zero-order valence-corrected chi connectivity index (χ0v) is 12.2. The number of hydrogen-bond donors (Lipinski definition) is 2. The minimum Gasteiger partial charge on any atom is -0.492 e. The highest BCUT2D eigenvalue weighted by Gasteiger charge is 2.26. The number of amides is 1. The molecular weight excluding hydrogens is 276 g/mol. The zero-order valence-electron chi connectivity index (χ0n) is 11.4. The molecule has 2 N–H and O–H groups in total. The highest BCUT2D eigenvalue weighted by atomic mass is 35.5. The summed E-state index contributed by atoms with van der Waals surface area (Å²) in [5.41, 5.74) is 1.14. The molecule has 0 bridgehead atoms. The summed E-state index contributed by atoms with van der Waals surface area (Å²) in [5, 5.41) is 6.38. The van der Waals surface area contributed by atoms with E-state index in [0.717, 1.165) is 43.8 Å². The van der Waals surface area contributed by atoms with Gasteiger partial charge >= 0.3 is 0 Å². The Bertz CT molecular complexity index is 461. The van der Waals surface area contributed by atoms with Crippen LogP contribution in [0.25, 0.3) is 0 Å². The minimum absolute atomic E-state index is 0. The number of carbonyl (C=O) groups is 1. The summed E-state index contributed by atoms with van der Waals surface area (Å²) in [6.45, 7) is 3.36. The molecule has 2 aliphatic rings. The normalized spacial score (nSPS) is 24.2. The Balaban J connectivity index is 0.00000147. The Labute approximate surface area is 125 Å². The number of fused-ring (bicyclic) bond motifs is 1. The number of benzene rings is 1. The van der Waals surface area contributed by atoms with Crippen molar-refractivity contribution in [3.05, 3.63) is 29.8 Å². The molecule has 3 rings (SSSR count). The van der Waals surface area contributed by atoms with Crippen LogP contribution in [0.15, 0.2) is 24.3 Å². The van der Waals surface area contributed by atoms with Crippen LogP contribution in [0, 0.1) is 11.8 Å². The summed E-state index contributed by atoms with van der Waals surface area (Å²) in [6.07, 6.45) is 1.94. The monoisotopic (exact) mass is 296 g/mol. The molecule has 110 valence electrons.